The van der Waals surface area contributed by atoms with Crippen molar-refractivity contribution in [3.05, 3.63) is 58.6 Å². The first-order valence-electron chi connectivity index (χ1n) is 14.6. The molecule has 0 saturated carbocycles. The summed E-state index contributed by atoms with van der Waals surface area (Å²) in [6.45, 7) is 8.95. The van der Waals surface area contributed by atoms with Gasteiger partial charge in [0.1, 0.15) is 0 Å². The first-order valence-corrected chi connectivity index (χ1v) is 15.4. The monoisotopic (exact) mass is 553 g/mol. The first-order chi connectivity index (χ1) is 17.6. The number of unbranched alkanes of at least 4 members (excludes halogenated alkanes) is 10. The van der Waals surface area contributed by atoms with Crippen molar-refractivity contribution in [3.63, 3.8) is 0 Å². The lowest BCUT2D eigenvalue weighted by Gasteiger charge is -2.33. The predicted octanol–water partition coefficient (Wildman–Crippen LogP) is 10.2. The minimum atomic E-state index is -0.489. The summed E-state index contributed by atoms with van der Waals surface area (Å²) >= 11 is 3.74. The summed E-state index contributed by atoms with van der Waals surface area (Å²) in [5.41, 5.74) is 1.03. The summed E-state index contributed by atoms with van der Waals surface area (Å²) in [5.74, 6) is 0. The van der Waals surface area contributed by atoms with Gasteiger partial charge in [-0.05, 0) is 72.1 Å². The molecule has 0 aliphatic carbocycles. The van der Waals surface area contributed by atoms with E-state index in [0.717, 1.165) is 23.1 Å². The number of hydrogen-bond acceptors (Lipinski definition) is 2. The predicted molar refractivity (Wildman–Crippen MR) is 162 cm³/mol. The molecule has 0 fully saturated rings. The lowest BCUT2D eigenvalue weighted by molar-refractivity contribution is 0.0555. The quantitative estimate of drug-likeness (QED) is 0.133. The summed E-state index contributed by atoms with van der Waals surface area (Å²) in [5, 5.41) is 16.4. The third kappa shape index (κ3) is 8.30. The van der Waals surface area contributed by atoms with Crippen LogP contribution in [0, 0.1) is 0 Å². The van der Waals surface area contributed by atoms with E-state index >= 15 is 0 Å². The van der Waals surface area contributed by atoms with Crippen molar-refractivity contribution in [2.75, 3.05) is 13.1 Å². The molecule has 0 aromatic heterocycles. The van der Waals surface area contributed by atoms with Crippen LogP contribution in [0.2, 0.25) is 0 Å². The van der Waals surface area contributed by atoms with Crippen LogP contribution in [0.4, 0.5) is 0 Å². The Morgan fingerprint density at radius 2 is 1.25 bits per heavy atom. The van der Waals surface area contributed by atoms with Gasteiger partial charge in [0.2, 0.25) is 0 Å². The molecule has 2 nitrogen and oxygen atoms in total. The molecule has 198 valence electrons. The highest BCUT2D eigenvalue weighted by molar-refractivity contribution is 9.10. The van der Waals surface area contributed by atoms with Gasteiger partial charge in [0.15, 0.2) is 0 Å². The molecule has 2 atom stereocenters. The second kappa shape index (κ2) is 15.7. The Balaban J connectivity index is 1.71. The number of fused-ring (bicyclic) bond motifs is 3. The molecule has 2 unspecified atom stereocenters. The van der Waals surface area contributed by atoms with Crippen LogP contribution in [0.5, 0.6) is 0 Å². The molecule has 0 aliphatic rings. The Labute approximate surface area is 228 Å². The van der Waals surface area contributed by atoms with Gasteiger partial charge >= 0.3 is 0 Å². The van der Waals surface area contributed by atoms with E-state index in [1.807, 2.05) is 0 Å². The number of rotatable bonds is 17. The maximum Gasteiger partial charge on any atom is 0.0942 e. The van der Waals surface area contributed by atoms with Crippen LogP contribution < -0.4 is 0 Å². The van der Waals surface area contributed by atoms with E-state index in [1.54, 1.807) is 0 Å². The zero-order chi connectivity index (χ0) is 25.8. The molecule has 0 heterocycles. The van der Waals surface area contributed by atoms with E-state index in [4.69, 9.17) is 0 Å². The van der Waals surface area contributed by atoms with Gasteiger partial charge in [0.25, 0.3) is 0 Å². The zero-order valence-electron chi connectivity index (χ0n) is 22.9. The molecule has 3 rings (SSSR count). The van der Waals surface area contributed by atoms with Gasteiger partial charge in [-0.3, -0.25) is 4.90 Å². The third-order valence-corrected chi connectivity index (χ3v) is 8.46. The van der Waals surface area contributed by atoms with Gasteiger partial charge in [0, 0.05) is 10.5 Å². The van der Waals surface area contributed by atoms with E-state index in [9.17, 15) is 5.11 Å². The zero-order valence-corrected chi connectivity index (χ0v) is 24.5. The van der Waals surface area contributed by atoms with E-state index < -0.39 is 6.10 Å². The Bertz CT molecular complexity index is 1030. The van der Waals surface area contributed by atoms with Gasteiger partial charge < -0.3 is 5.11 Å². The number of hydrogen-bond donors (Lipinski definition) is 1. The van der Waals surface area contributed by atoms with Crippen molar-refractivity contribution in [2.45, 2.75) is 110 Å². The average Bonchev–Trinajstić information content (AvgIpc) is 2.90. The molecule has 1 N–H and O–H groups in total. The van der Waals surface area contributed by atoms with Crippen LogP contribution in [0.1, 0.15) is 109 Å². The highest BCUT2D eigenvalue weighted by Crippen LogP contribution is 2.34. The second-order valence-corrected chi connectivity index (χ2v) is 11.5. The Morgan fingerprint density at radius 1 is 0.694 bits per heavy atom. The van der Waals surface area contributed by atoms with Crippen LogP contribution in [0.3, 0.4) is 0 Å². The average molecular weight is 555 g/mol. The summed E-state index contributed by atoms with van der Waals surface area (Å²) in [6.07, 6.45) is 15.2. The van der Waals surface area contributed by atoms with Gasteiger partial charge in [-0.25, -0.2) is 0 Å². The molecular formula is C33H48BrNO. The summed E-state index contributed by atoms with van der Waals surface area (Å²) < 4.78 is 1.12. The molecule has 36 heavy (non-hydrogen) atoms. The van der Waals surface area contributed by atoms with Crippen molar-refractivity contribution in [1.82, 2.24) is 4.90 Å². The molecular weight excluding hydrogens is 506 g/mol. The van der Waals surface area contributed by atoms with E-state index in [-0.39, 0.29) is 6.04 Å². The molecule has 0 bridgehead atoms. The third-order valence-electron chi connectivity index (χ3n) is 7.81. The SMILES string of the molecule is CCCCCCCCN(CCCCCCCC)C(C)C(O)c1ccc2cc(Br)c3ccccc3c2c1. The van der Waals surface area contributed by atoms with Crippen LogP contribution >= 0.6 is 15.9 Å². The maximum atomic E-state index is 11.5. The van der Waals surface area contributed by atoms with Crippen molar-refractivity contribution in [1.29, 1.82) is 0 Å². The number of halogens is 1. The molecule has 0 radical (unpaired) electrons. The highest BCUT2D eigenvalue weighted by Gasteiger charge is 2.23. The maximum absolute atomic E-state index is 11.5. The first kappa shape index (κ1) is 29.1. The standard InChI is InChI=1S/C33H48BrNO/c1-4-6-8-10-12-16-22-35(23-17-13-11-9-7-5-2)26(3)33(36)28-21-20-27-25-32(34)30-19-15-14-18-29(30)31(27)24-28/h14-15,18-21,24-26,33,36H,4-13,16-17,22-23H2,1-3H3. The van der Waals surface area contributed by atoms with Crippen LogP contribution in [-0.4, -0.2) is 29.1 Å². The normalized spacial score (nSPS) is 13.6. The molecule has 0 amide bonds. The molecule has 0 aliphatic heterocycles. The van der Waals surface area contributed by atoms with Gasteiger partial charge in [-0.1, -0.05) is 130 Å². The number of nitrogens with zero attached hydrogens (tertiary/aromatic N) is 1. The van der Waals surface area contributed by atoms with Gasteiger partial charge in [-0.15, -0.1) is 0 Å². The van der Waals surface area contributed by atoms with E-state index in [2.05, 4.69) is 90.1 Å². The smallest absolute Gasteiger partial charge is 0.0942 e. The fourth-order valence-corrected chi connectivity index (χ4v) is 6.04. The minimum Gasteiger partial charge on any atom is -0.387 e. The largest absolute Gasteiger partial charge is 0.387 e. The lowest BCUT2D eigenvalue weighted by Crippen LogP contribution is -2.39. The Morgan fingerprint density at radius 3 is 1.86 bits per heavy atom. The molecule has 3 aromatic carbocycles. The Kier molecular flexibility index (Phi) is 12.7. The van der Waals surface area contributed by atoms with Crippen molar-refractivity contribution >= 4 is 37.5 Å². The highest BCUT2D eigenvalue weighted by atomic mass is 79.9. The Hall–Kier alpha value is -1.42. The molecule has 0 spiro atoms. The number of benzene rings is 3. The number of aliphatic hydroxyl groups excluding tert-OH is 1. The van der Waals surface area contributed by atoms with Crippen molar-refractivity contribution in [3.8, 4) is 0 Å². The van der Waals surface area contributed by atoms with Gasteiger partial charge in [0.05, 0.1) is 6.10 Å². The molecule has 3 heteroatoms. The summed E-state index contributed by atoms with van der Waals surface area (Å²) in [4.78, 5) is 2.56. The van der Waals surface area contributed by atoms with Crippen LogP contribution in [0.25, 0.3) is 21.5 Å². The summed E-state index contributed by atoms with van der Waals surface area (Å²) in [7, 11) is 0. The van der Waals surface area contributed by atoms with E-state index in [0.29, 0.717) is 0 Å². The fourth-order valence-electron chi connectivity index (χ4n) is 5.45. The van der Waals surface area contributed by atoms with Crippen LogP contribution in [-0.2, 0) is 0 Å². The second-order valence-electron chi connectivity index (χ2n) is 10.6. The molecule has 3 aromatic rings. The van der Waals surface area contributed by atoms with Crippen molar-refractivity contribution in [2.24, 2.45) is 0 Å². The van der Waals surface area contributed by atoms with Crippen LogP contribution in [0.15, 0.2) is 53.0 Å². The lowest BCUT2D eigenvalue weighted by atomic mass is 9.95. The van der Waals surface area contributed by atoms with Crippen molar-refractivity contribution < 1.29 is 5.11 Å². The molecule has 0 saturated heterocycles. The number of aliphatic hydroxyl groups is 1. The van der Waals surface area contributed by atoms with E-state index in [1.165, 1.54) is 98.6 Å². The minimum absolute atomic E-state index is 0.107. The van der Waals surface area contributed by atoms with Gasteiger partial charge in [-0.2, -0.15) is 0 Å². The topological polar surface area (TPSA) is 23.5 Å². The fraction of sp³-hybridized carbons (Fsp3) is 0.576. The summed E-state index contributed by atoms with van der Waals surface area (Å²) in [6, 6.07) is 17.3.